The Kier molecular flexibility index (Phi) is 3.18. The van der Waals surface area contributed by atoms with Gasteiger partial charge in [-0.1, -0.05) is 0 Å². The van der Waals surface area contributed by atoms with Gasteiger partial charge in [0.05, 0.1) is 0 Å². The van der Waals surface area contributed by atoms with Gasteiger partial charge in [-0.25, -0.2) is 0 Å². The number of amides is 1. The van der Waals surface area contributed by atoms with E-state index in [-0.39, 0.29) is 10.0 Å². The van der Waals surface area contributed by atoms with E-state index < -0.39 is 25.9 Å². The van der Waals surface area contributed by atoms with Crippen molar-refractivity contribution < 1.29 is 18.0 Å². The topological polar surface area (TPSA) is 43.1 Å². The summed E-state index contributed by atoms with van der Waals surface area (Å²) < 4.78 is 36.1. The Labute approximate surface area is 84.4 Å². The summed E-state index contributed by atoms with van der Waals surface area (Å²) in [5.74, 6) is -0.718. The minimum atomic E-state index is -4.21. The molecule has 6 heteroatoms. The van der Waals surface area contributed by atoms with Gasteiger partial charge in [0.2, 0.25) is 0 Å². The van der Waals surface area contributed by atoms with Gasteiger partial charge >= 0.3 is 83.9 Å². The first kappa shape index (κ1) is 11.1. The maximum atomic E-state index is 12.0. The molecule has 0 saturated heterocycles. The van der Waals surface area contributed by atoms with Crippen molar-refractivity contribution in [2.24, 2.45) is 5.73 Å². The molecule has 2 N–H and O–H groups in total. The Morgan fingerprint density at radius 3 is 2.50 bits per heavy atom. The molecule has 0 aliphatic rings. The van der Waals surface area contributed by atoms with Gasteiger partial charge in [-0.15, -0.1) is 0 Å². The molecule has 0 heterocycles. The summed E-state index contributed by atoms with van der Waals surface area (Å²) in [4.78, 5) is 10.7. The van der Waals surface area contributed by atoms with Crippen molar-refractivity contribution in [3.05, 3.63) is 29.8 Å². The van der Waals surface area contributed by atoms with Gasteiger partial charge in [0, 0.05) is 0 Å². The molecule has 1 amide bonds. The van der Waals surface area contributed by atoms with Crippen LogP contribution < -0.4 is 10.2 Å². The number of halogens is 3. The van der Waals surface area contributed by atoms with Crippen LogP contribution in [0.2, 0.25) is 0 Å². The molecular weight excluding hydrogens is 262 g/mol. The van der Waals surface area contributed by atoms with E-state index >= 15 is 0 Å². The molecule has 1 aromatic carbocycles. The summed E-state index contributed by atoms with van der Waals surface area (Å²) in [5, 5.41) is -4.21. The van der Waals surface area contributed by atoms with Crippen LogP contribution in [0.3, 0.4) is 0 Å². The Hall–Kier alpha value is -1.00. The second kappa shape index (κ2) is 4.02. The summed E-state index contributed by atoms with van der Waals surface area (Å²) in [6, 6.07) is 5.29. The van der Waals surface area contributed by atoms with Gasteiger partial charge in [0.25, 0.3) is 0 Å². The zero-order valence-corrected chi connectivity index (χ0v) is 8.55. The first-order valence-electron chi connectivity index (χ1n) is 3.54. The number of nitrogens with two attached hydrogens (primary N) is 1. The van der Waals surface area contributed by atoms with Gasteiger partial charge in [-0.3, -0.25) is 0 Å². The normalized spacial score (nSPS) is 11.4. The molecule has 0 spiro atoms. The number of hydrogen-bond acceptors (Lipinski definition) is 1. The summed E-state index contributed by atoms with van der Waals surface area (Å²) in [6.07, 6.45) is 0. The Morgan fingerprint density at radius 2 is 2.00 bits per heavy atom. The van der Waals surface area contributed by atoms with Crippen LogP contribution in [-0.4, -0.2) is 25.9 Å². The molecule has 0 fully saturated rings. The summed E-state index contributed by atoms with van der Waals surface area (Å²) in [6.45, 7) is 0. The molecule has 0 aliphatic heterocycles. The Morgan fingerprint density at radius 1 is 1.36 bits per heavy atom. The van der Waals surface area contributed by atoms with E-state index in [1.54, 1.807) is 0 Å². The summed E-state index contributed by atoms with van der Waals surface area (Å²) in [5.41, 5.74) is 5.04. The Bertz CT molecular complexity index is 351. The fourth-order valence-electron chi connectivity index (χ4n) is 0.846. The fourth-order valence-corrected chi connectivity index (χ4v) is 2.10. The van der Waals surface area contributed by atoms with Crippen molar-refractivity contribution in [1.82, 2.24) is 0 Å². The zero-order valence-electron chi connectivity index (χ0n) is 6.84. The van der Waals surface area contributed by atoms with Crippen LogP contribution in [0.25, 0.3) is 0 Å². The molecule has 0 bridgehead atoms. The molecule has 0 saturated carbocycles. The fraction of sp³-hybridized carbons (Fsp3) is 0.125. The van der Waals surface area contributed by atoms with Crippen LogP contribution in [0, 0.1) is 0 Å². The predicted molar refractivity (Wildman–Crippen MR) is 46.4 cm³/mol. The van der Waals surface area contributed by atoms with Gasteiger partial charge < -0.3 is 0 Å². The third kappa shape index (κ3) is 3.39. The minimum absolute atomic E-state index is 0.0984. The van der Waals surface area contributed by atoms with E-state index in [9.17, 15) is 18.0 Å². The number of primary amides is 1. The number of hydrogen-bond donors (Lipinski definition) is 1. The van der Waals surface area contributed by atoms with Gasteiger partial charge in [0.15, 0.2) is 0 Å². The average molecular weight is 268 g/mol. The SMILES string of the molecule is NC(=O)c1cccc([Se]C(F)(F)F)c1. The molecule has 14 heavy (non-hydrogen) atoms. The standard InChI is InChI=1S/C8H6F3NOSe/c9-8(10,11)14-6-3-1-2-5(4-6)7(12)13/h1-4H,(H2,12,13). The number of benzene rings is 1. The monoisotopic (exact) mass is 269 g/mol. The number of carbonyl (C=O) groups excluding carboxylic acids is 1. The Balaban J connectivity index is 2.89. The third-order valence-corrected chi connectivity index (χ3v) is 2.87. The van der Waals surface area contributed by atoms with Crippen LogP contribution in [0.15, 0.2) is 24.3 Å². The van der Waals surface area contributed by atoms with Crippen molar-refractivity contribution in [1.29, 1.82) is 0 Å². The second-order valence-corrected chi connectivity index (χ2v) is 4.83. The van der Waals surface area contributed by atoms with Crippen molar-refractivity contribution in [3.63, 3.8) is 0 Å². The summed E-state index contributed by atoms with van der Waals surface area (Å²) >= 11 is -1.63. The second-order valence-electron chi connectivity index (χ2n) is 2.44. The average Bonchev–Trinajstić information content (AvgIpc) is 2.01. The molecule has 0 aromatic heterocycles. The van der Waals surface area contributed by atoms with Crippen LogP contribution >= 0.6 is 0 Å². The molecule has 2 nitrogen and oxygen atoms in total. The third-order valence-electron chi connectivity index (χ3n) is 1.35. The van der Waals surface area contributed by atoms with E-state index in [0.717, 1.165) is 0 Å². The van der Waals surface area contributed by atoms with Gasteiger partial charge in [0.1, 0.15) is 0 Å². The number of rotatable bonds is 2. The number of carbonyl (C=O) groups is 1. The van der Waals surface area contributed by atoms with Crippen LogP contribution in [0.1, 0.15) is 10.4 Å². The molecule has 1 rings (SSSR count). The van der Waals surface area contributed by atoms with E-state index in [0.29, 0.717) is 0 Å². The van der Waals surface area contributed by atoms with Crippen molar-refractivity contribution in [3.8, 4) is 0 Å². The molecular formula is C8H6F3NOSe. The molecule has 1 aromatic rings. The molecule has 0 atom stereocenters. The predicted octanol–water partition coefficient (Wildman–Crippen LogP) is 0.635. The van der Waals surface area contributed by atoms with E-state index in [4.69, 9.17) is 5.73 Å². The van der Waals surface area contributed by atoms with E-state index in [1.807, 2.05) is 0 Å². The van der Waals surface area contributed by atoms with Gasteiger partial charge in [-0.2, -0.15) is 0 Å². The maximum absolute atomic E-state index is 12.0. The first-order chi connectivity index (χ1) is 6.38. The zero-order chi connectivity index (χ0) is 10.8. The van der Waals surface area contributed by atoms with Crippen LogP contribution in [0.5, 0.6) is 0 Å². The molecule has 0 radical (unpaired) electrons. The van der Waals surface area contributed by atoms with Crippen LogP contribution in [0.4, 0.5) is 13.2 Å². The van der Waals surface area contributed by atoms with Crippen LogP contribution in [-0.2, 0) is 0 Å². The number of alkyl halides is 3. The van der Waals surface area contributed by atoms with E-state index in [1.165, 1.54) is 24.3 Å². The molecule has 0 aliphatic carbocycles. The molecule has 76 valence electrons. The van der Waals surface area contributed by atoms with E-state index in [2.05, 4.69) is 0 Å². The van der Waals surface area contributed by atoms with Crippen molar-refractivity contribution in [2.75, 3.05) is 0 Å². The van der Waals surface area contributed by atoms with Gasteiger partial charge in [-0.05, 0) is 0 Å². The van der Waals surface area contributed by atoms with Crippen molar-refractivity contribution >= 4 is 25.3 Å². The van der Waals surface area contributed by atoms with Crippen molar-refractivity contribution in [2.45, 2.75) is 5.07 Å². The molecule has 0 unspecified atom stereocenters. The quantitative estimate of drug-likeness (QED) is 0.786. The summed E-state index contributed by atoms with van der Waals surface area (Å²) in [7, 11) is 0. The first-order valence-corrected chi connectivity index (χ1v) is 5.25.